The molecule has 0 amide bonds. The van der Waals surface area contributed by atoms with Crippen molar-refractivity contribution in [1.82, 2.24) is 0 Å². The molecule has 84 valence electrons. The minimum atomic E-state index is -1.04. The van der Waals surface area contributed by atoms with Crippen LogP contribution in [0.3, 0.4) is 0 Å². The van der Waals surface area contributed by atoms with Crippen molar-refractivity contribution in [1.29, 1.82) is 0 Å². The lowest BCUT2D eigenvalue weighted by Crippen LogP contribution is -2.25. The van der Waals surface area contributed by atoms with Crippen molar-refractivity contribution in [3.8, 4) is 0 Å². The van der Waals surface area contributed by atoms with E-state index in [1.165, 1.54) is 13.0 Å². The molecule has 15 heavy (non-hydrogen) atoms. The van der Waals surface area contributed by atoms with Gasteiger partial charge >= 0.3 is 11.9 Å². The third-order valence-electron chi connectivity index (χ3n) is 1.49. The van der Waals surface area contributed by atoms with Gasteiger partial charge < -0.3 is 9.47 Å². The lowest BCUT2D eigenvalue weighted by Gasteiger charge is -2.04. The van der Waals surface area contributed by atoms with E-state index in [1.54, 1.807) is 13.8 Å². The summed E-state index contributed by atoms with van der Waals surface area (Å²) in [6.45, 7) is 4.89. The number of hydrogen-bond acceptors (Lipinski definition) is 5. The van der Waals surface area contributed by atoms with Gasteiger partial charge in [-0.1, -0.05) is 6.08 Å². The Balaban J connectivity index is 4.63. The van der Waals surface area contributed by atoms with Crippen molar-refractivity contribution in [3.05, 3.63) is 11.6 Å². The molecule has 0 N–H and O–H groups in total. The summed E-state index contributed by atoms with van der Waals surface area (Å²) in [4.78, 5) is 33.6. The number of allylic oxidation sites excluding steroid dienone is 1. The fourth-order valence-corrected chi connectivity index (χ4v) is 0.857. The Hall–Kier alpha value is -1.65. The van der Waals surface area contributed by atoms with Gasteiger partial charge in [0.1, 0.15) is 5.57 Å². The van der Waals surface area contributed by atoms with Gasteiger partial charge in [-0.3, -0.25) is 4.79 Å². The molecule has 0 bridgehead atoms. The van der Waals surface area contributed by atoms with Gasteiger partial charge in [0.15, 0.2) is 0 Å². The van der Waals surface area contributed by atoms with Crippen molar-refractivity contribution in [2.24, 2.45) is 0 Å². The number of carbonyl (C=O) groups is 3. The highest BCUT2D eigenvalue weighted by atomic mass is 16.5. The van der Waals surface area contributed by atoms with Gasteiger partial charge in [0.25, 0.3) is 5.78 Å². The van der Waals surface area contributed by atoms with Gasteiger partial charge in [-0.25, -0.2) is 9.59 Å². The standard InChI is InChI=1S/C10H14O5/c1-4-7(9(12)14-5-2)8(11)10(13)15-6-3/h4H,5-6H2,1-3H3/b7-4-. The van der Waals surface area contributed by atoms with Crippen LogP contribution in [-0.2, 0) is 23.9 Å². The largest absolute Gasteiger partial charge is 0.462 e. The Morgan fingerprint density at radius 1 is 1.00 bits per heavy atom. The zero-order chi connectivity index (χ0) is 11.8. The molecular formula is C10H14O5. The third kappa shape index (κ3) is 3.93. The second kappa shape index (κ2) is 6.75. The first-order valence-corrected chi connectivity index (χ1v) is 4.63. The van der Waals surface area contributed by atoms with Crippen molar-refractivity contribution >= 4 is 17.7 Å². The Morgan fingerprint density at radius 3 is 1.87 bits per heavy atom. The average molecular weight is 214 g/mol. The van der Waals surface area contributed by atoms with E-state index in [-0.39, 0.29) is 18.8 Å². The van der Waals surface area contributed by atoms with E-state index in [4.69, 9.17) is 0 Å². The SMILES string of the molecule is C/C=C(\C(=O)OCC)C(=O)C(=O)OCC. The molecule has 0 unspecified atom stereocenters. The molecule has 0 aliphatic rings. The summed E-state index contributed by atoms with van der Waals surface area (Å²) in [6.07, 6.45) is 1.23. The maximum atomic E-state index is 11.3. The van der Waals surface area contributed by atoms with Gasteiger partial charge in [0.2, 0.25) is 0 Å². The molecule has 0 aliphatic heterocycles. The molecule has 0 rings (SSSR count). The number of ether oxygens (including phenoxy) is 2. The molecule has 0 saturated carbocycles. The van der Waals surface area contributed by atoms with Crippen LogP contribution in [-0.4, -0.2) is 30.9 Å². The van der Waals surface area contributed by atoms with E-state index >= 15 is 0 Å². The Bertz CT molecular complexity index is 290. The third-order valence-corrected chi connectivity index (χ3v) is 1.49. The molecule has 5 heteroatoms. The molecule has 0 aliphatic carbocycles. The molecule has 0 radical (unpaired) electrons. The van der Waals surface area contributed by atoms with Crippen molar-refractivity contribution in [3.63, 3.8) is 0 Å². The summed E-state index contributed by atoms with van der Waals surface area (Å²) < 4.78 is 9.09. The summed E-state index contributed by atoms with van der Waals surface area (Å²) in [6, 6.07) is 0. The maximum Gasteiger partial charge on any atom is 0.379 e. The van der Waals surface area contributed by atoms with Crippen LogP contribution in [0.1, 0.15) is 20.8 Å². The zero-order valence-electron chi connectivity index (χ0n) is 9.03. The summed E-state index contributed by atoms with van der Waals surface area (Å²) >= 11 is 0. The Kier molecular flexibility index (Phi) is 6.01. The molecule has 5 nitrogen and oxygen atoms in total. The summed E-state index contributed by atoms with van der Waals surface area (Å²) in [5.74, 6) is -2.82. The van der Waals surface area contributed by atoms with Gasteiger partial charge in [0, 0.05) is 0 Å². The molecule has 0 aromatic heterocycles. The Morgan fingerprint density at radius 2 is 1.47 bits per heavy atom. The predicted octanol–water partition coefficient (Wildman–Crippen LogP) is 0.628. The predicted molar refractivity (Wildman–Crippen MR) is 52.0 cm³/mol. The second-order valence-corrected chi connectivity index (χ2v) is 2.47. The fraction of sp³-hybridized carbons (Fsp3) is 0.500. The molecule has 0 spiro atoms. The van der Waals surface area contributed by atoms with E-state index in [1.807, 2.05) is 0 Å². The molecule has 0 fully saturated rings. The van der Waals surface area contributed by atoms with Crippen LogP contribution in [0.15, 0.2) is 11.6 Å². The van der Waals surface area contributed by atoms with E-state index in [0.29, 0.717) is 0 Å². The first-order chi connectivity index (χ1) is 7.08. The van der Waals surface area contributed by atoms with Gasteiger partial charge in [-0.15, -0.1) is 0 Å². The van der Waals surface area contributed by atoms with Crippen LogP contribution in [0, 0.1) is 0 Å². The van der Waals surface area contributed by atoms with E-state index in [9.17, 15) is 14.4 Å². The molecule has 0 atom stereocenters. The molecule has 0 aromatic carbocycles. The van der Waals surface area contributed by atoms with E-state index < -0.39 is 17.7 Å². The van der Waals surface area contributed by atoms with E-state index in [2.05, 4.69) is 9.47 Å². The number of ketones is 1. The van der Waals surface area contributed by atoms with Crippen LogP contribution >= 0.6 is 0 Å². The summed E-state index contributed by atoms with van der Waals surface area (Å²) in [7, 11) is 0. The topological polar surface area (TPSA) is 69.7 Å². The van der Waals surface area contributed by atoms with Crippen LogP contribution in [0.2, 0.25) is 0 Å². The molecule has 0 aromatic rings. The highest BCUT2D eigenvalue weighted by Gasteiger charge is 2.26. The van der Waals surface area contributed by atoms with Gasteiger partial charge in [-0.2, -0.15) is 0 Å². The molecule has 0 saturated heterocycles. The molecule has 0 heterocycles. The molecular weight excluding hydrogens is 200 g/mol. The van der Waals surface area contributed by atoms with Crippen molar-refractivity contribution in [2.75, 3.05) is 13.2 Å². The first kappa shape index (κ1) is 13.4. The number of Topliss-reactive ketones (excluding diaryl/α,β-unsaturated/α-hetero) is 1. The van der Waals surface area contributed by atoms with Crippen LogP contribution in [0.25, 0.3) is 0 Å². The van der Waals surface area contributed by atoms with E-state index in [0.717, 1.165) is 0 Å². The normalized spacial score (nSPS) is 10.7. The average Bonchev–Trinajstić information content (AvgIpc) is 2.19. The highest BCUT2D eigenvalue weighted by Crippen LogP contribution is 2.02. The monoisotopic (exact) mass is 214 g/mol. The van der Waals surface area contributed by atoms with Crippen molar-refractivity contribution in [2.45, 2.75) is 20.8 Å². The smallest absolute Gasteiger partial charge is 0.379 e. The fourth-order valence-electron chi connectivity index (χ4n) is 0.857. The minimum absolute atomic E-state index is 0.0877. The lowest BCUT2D eigenvalue weighted by molar-refractivity contribution is -0.153. The lowest BCUT2D eigenvalue weighted by atomic mass is 10.1. The highest BCUT2D eigenvalue weighted by molar-refractivity contribution is 6.46. The van der Waals surface area contributed by atoms with Crippen LogP contribution in [0.4, 0.5) is 0 Å². The van der Waals surface area contributed by atoms with Crippen LogP contribution < -0.4 is 0 Å². The number of esters is 2. The Labute approximate surface area is 88.0 Å². The second-order valence-electron chi connectivity index (χ2n) is 2.47. The maximum absolute atomic E-state index is 11.3. The quantitative estimate of drug-likeness (QED) is 0.221. The first-order valence-electron chi connectivity index (χ1n) is 4.63. The number of hydrogen-bond donors (Lipinski definition) is 0. The summed E-state index contributed by atoms with van der Waals surface area (Å²) in [5.41, 5.74) is -0.296. The number of carbonyl (C=O) groups excluding carboxylic acids is 3. The van der Waals surface area contributed by atoms with Gasteiger partial charge in [-0.05, 0) is 20.8 Å². The summed E-state index contributed by atoms with van der Waals surface area (Å²) in [5, 5.41) is 0. The van der Waals surface area contributed by atoms with Gasteiger partial charge in [0.05, 0.1) is 13.2 Å². The van der Waals surface area contributed by atoms with Crippen molar-refractivity contribution < 1.29 is 23.9 Å². The van der Waals surface area contributed by atoms with Crippen LogP contribution in [0.5, 0.6) is 0 Å². The minimum Gasteiger partial charge on any atom is -0.462 e. The number of rotatable bonds is 5. The zero-order valence-corrected chi connectivity index (χ0v) is 9.03.